The van der Waals surface area contributed by atoms with Gasteiger partial charge in [-0.15, -0.1) is 0 Å². The number of methoxy groups -OCH3 is 1. The summed E-state index contributed by atoms with van der Waals surface area (Å²) in [4.78, 5) is 2.69. The minimum absolute atomic E-state index is 0.819. The van der Waals surface area contributed by atoms with E-state index in [1.54, 1.807) is 0 Å². The molecule has 0 aromatic carbocycles. The second kappa shape index (κ2) is 4.43. The van der Waals surface area contributed by atoms with E-state index in [9.17, 15) is 0 Å². The number of fused-ring (bicyclic) bond motifs is 1. The second-order valence-corrected chi connectivity index (χ2v) is 4.46. The Bertz CT molecular complexity index is 156. The van der Waals surface area contributed by atoms with Crippen LogP contribution in [0.25, 0.3) is 0 Å². The Labute approximate surface area is 81.3 Å². The van der Waals surface area contributed by atoms with E-state index < -0.39 is 0 Å². The van der Waals surface area contributed by atoms with Crippen LogP contribution in [0.4, 0.5) is 0 Å². The third-order valence-corrected chi connectivity index (χ3v) is 3.61. The molecule has 0 amide bonds. The molecule has 0 aromatic heterocycles. The van der Waals surface area contributed by atoms with Crippen molar-refractivity contribution in [3.8, 4) is 0 Å². The van der Waals surface area contributed by atoms with E-state index in [1.807, 2.05) is 7.11 Å². The smallest absolute Gasteiger partial charge is 0.0505 e. The van der Waals surface area contributed by atoms with Crippen molar-refractivity contribution >= 4 is 0 Å². The van der Waals surface area contributed by atoms with Crippen LogP contribution >= 0.6 is 0 Å². The van der Waals surface area contributed by atoms with E-state index in [2.05, 4.69) is 4.90 Å². The third-order valence-electron chi connectivity index (χ3n) is 3.61. The molecular formula is C11H21NO. The molecule has 76 valence electrons. The van der Waals surface area contributed by atoms with Gasteiger partial charge in [0.15, 0.2) is 0 Å². The molecule has 2 heteroatoms. The maximum atomic E-state index is 5.30. The zero-order valence-electron chi connectivity index (χ0n) is 8.67. The summed E-state index contributed by atoms with van der Waals surface area (Å²) in [7, 11) is 1.84. The Morgan fingerprint density at radius 1 is 1.15 bits per heavy atom. The predicted molar refractivity (Wildman–Crippen MR) is 53.8 cm³/mol. The number of ether oxygens (including phenoxy) is 1. The fourth-order valence-corrected chi connectivity index (χ4v) is 2.99. The Kier molecular flexibility index (Phi) is 3.23. The van der Waals surface area contributed by atoms with E-state index in [0.717, 1.165) is 18.6 Å². The van der Waals surface area contributed by atoms with Crippen molar-refractivity contribution in [1.82, 2.24) is 4.90 Å². The van der Waals surface area contributed by atoms with Crippen LogP contribution in [0.2, 0.25) is 0 Å². The standard InChI is InChI=1S/C11H21NO/c1-13-9-10-5-4-8-12-7-3-2-6-11(10)12/h10-11H,2-9H2,1H3. The fourth-order valence-electron chi connectivity index (χ4n) is 2.99. The predicted octanol–water partition coefficient (Wildman–Crippen LogP) is 1.90. The molecule has 0 radical (unpaired) electrons. The highest BCUT2D eigenvalue weighted by molar-refractivity contribution is 4.86. The molecule has 0 spiro atoms. The monoisotopic (exact) mass is 183 g/mol. The SMILES string of the molecule is COCC1CCCN2CCCCC12. The van der Waals surface area contributed by atoms with Gasteiger partial charge in [0.2, 0.25) is 0 Å². The maximum absolute atomic E-state index is 5.30. The van der Waals surface area contributed by atoms with Crippen molar-refractivity contribution in [2.45, 2.75) is 38.1 Å². The Hall–Kier alpha value is -0.0800. The Balaban J connectivity index is 1.94. The van der Waals surface area contributed by atoms with Crippen LogP contribution in [0, 0.1) is 5.92 Å². The summed E-state index contributed by atoms with van der Waals surface area (Å²) in [6, 6.07) is 0.849. The van der Waals surface area contributed by atoms with Crippen molar-refractivity contribution in [3.05, 3.63) is 0 Å². The molecule has 0 saturated carbocycles. The zero-order chi connectivity index (χ0) is 9.10. The van der Waals surface area contributed by atoms with Crippen molar-refractivity contribution in [2.24, 2.45) is 5.92 Å². The molecule has 2 fully saturated rings. The molecule has 2 saturated heterocycles. The minimum atomic E-state index is 0.819. The van der Waals surface area contributed by atoms with Gasteiger partial charge in [-0.2, -0.15) is 0 Å². The molecule has 2 nitrogen and oxygen atoms in total. The van der Waals surface area contributed by atoms with Crippen molar-refractivity contribution in [1.29, 1.82) is 0 Å². The lowest BCUT2D eigenvalue weighted by Crippen LogP contribution is -2.49. The zero-order valence-corrected chi connectivity index (χ0v) is 8.67. The summed E-state index contributed by atoms with van der Waals surface area (Å²) < 4.78 is 5.30. The van der Waals surface area contributed by atoms with Gasteiger partial charge in [0.25, 0.3) is 0 Å². The summed E-state index contributed by atoms with van der Waals surface area (Å²) in [6.07, 6.45) is 7.02. The van der Waals surface area contributed by atoms with Crippen LogP contribution in [-0.2, 0) is 4.74 Å². The molecule has 2 unspecified atom stereocenters. The molecule has 2 heterocycles. The first-order chi connectivity index (χ1) is 6.42. The summed E-state index contributed by atoms with van der Waals surface area (Å²) in [5.74, 6) is 0.819. The summed E-state index contributed by atoms with van der Waals surface area (Å²) in [6.45, 7) is 3.65. The second-order valence-electron chi connectivity index (χ2n) is 4.46. The highest BCUT2D eigenvalue weighted by atomic mass is 16.5. The number of nitrogens with zero attached hydrogens (tertiary/aromatic N) is 1. The summed E-state index contributed by atoms with van der Waals surface area (Å²) in [5, 5.41) is 0. The van der Waals surface area contributed by atoms with Gasteiger partial charge in [-0.1, -0.05) is 6.42 Å². The minimum Gasteiger partial charge on any atom is -0.384 e. The lowest BCUT2D eigenvalue weighted by molar-refractivity contribution is 0.0182. The lowest BCUT2D eigenvalue weighted by atomic mass is 9.84. The van der Waals surface area contributed by atoms with Gasteiger partial charge < -0.3 is 9.64 Å². The Morgan fingerprint density at radius 2 is 2.00 bits per heavy atom. The summed E-state index contributed by atoms with van der Waals surface area (Å²) in [5.41, 5.74) is 0. The third kappa shape index (κ3) is 2.05. The molecule has 2 aliphatic heterocycles. The average Bonchev–Trinajstić information content (AvgIpc) is 2.19. The van der Waals surface area contributed by atoms with Crippen LogP contribution < -0.4 is 0 Å². The number of hydrogen-bond acceptors (Lipinski definition) is 2. The number of rotatable bonds is 2. The van der Waals surface area contributed by atoms with E-state index >= 15 is 0 Å². The normalized spacial score (nSPS) is 35.8. The van der Waals surface area contributed by atoms with Crippen molar-refractivity contribution in [3.63, 3.8) is 0 Å². The first-order valence-electron chi connectivity index (χ1n) is 5.65. The van der Waals surface area contributed by atoms with Gasteiger partial charge in [-0.3, -0.25) is 0 Å². The molecular weight excluding hydrogens is 162 g/mol. The first-order valence-corrected chi connectivity index (χ1v) is 5.65. The van der Waals surface area contributed by atoms with E-state index in [4.69, 9.17) is 4.74 Å². The molecule has 2 atom stereocenters. The van der Waals surface area contributed by atoms with Crippen LogP contribution in [-0.4, -0.2) is 37.7 Å². The highest BCUT2D eigenvalue weighted by Crippen LogP contribution is 2.30. The van der Waals surface area contributed by atoms with Crippen LogP contribution in [0.15, 0.2) is 0 Å². The highest BCUT2D eigenvalue weighted by Gasteiger charge is 2.32. The lowest BCUT2D eigenvalue weighted by Gasteiger charge is -2.44. The van der Waals surface area contributed by atoms with Crippen LogP contribution in [0.1, 0.15) is 32.1 Å². The fraction of sp³-hybridized carbons (Fsp3) is 1.00. The van der Waals surface area contributed by atoms with Gasteiger partial charge in [-0.05, 0) is 44.7 Å². The van der Waals surface area contributed by atoms with Crippen LogP contribution in [0.5, 0.6) is 0 Å². The number of piperidine rings is 2. The van der Waals surface area contributed by atoms with E-state index in [-0.39, 0.29) is 0 Å². The molecule has 2 rings (SSSR count). The topological polar surface area (TPSA) is 12.5 Å². The van der Waals surface area contributed by atoms with Crippen molar-refractivity contribution < 1.29 is 4.74 Å². The van der Waals surface area contributed by atoms with Crippen molar-refractivity contribution in [2.75, 3.05) is 26.8 Å². The van der Waals surface area contributed by atoms with E-state index in [0.29, 0.717) is 0 Å². The number of hydrogen-bond donors (Lipinski definition) is 0. The first kappa shape index (κ1) is 9.47. The average molecular weight is 183 g/mol. The Morgan fingerprint density at radius 3 is 2.85 bits per heavy atom. The van der Waals surface area contributed by atoms with Crippen LogP contribution in [0.3, 0.4) is 0 Å². The van der Waals surface area contributed by atoms with Gasteiger partial charge in [0.05, 0.1) is 6.61 Å². The maximum Gasteiger partial charge on any atom is 0.0505 e. The largest absolute Gasteiger partial charge is 0.384 e. The molecule has 13 heavy (non-hydrogen) atoms. The quantitative estimate of drug-likeness (QED) is 0.648. The van der Waals surface area contributed by atoms with E-state index in [1.165, 1.54) is 45.2 Å². The molecule has 0 N–H and O–H groups in total. The van der Waals surface area contributed by atoms with Gasteiger partial charge in [0.1, 0.15) is 0 Å². The molecule has 2 aliphatic rings. The molecule has 0 aromatic rings. The molecule has 0 bridgehead atoms. The molecule has 0 aliphatic carbocycles. The van der Waals surface area contributed by atoms with Gasteiger partial charge >= 0.3 is 0 Å². The van der Waals surface area contributed by atoms with Gasteiger partial charge in [-0.25, -0.2) is 0 Å². The summed E-state index contributed by atoms with van der Waals surface area (Å²) >= 11 is 0. The van der Waals surface area contributed by atoms with Gasteiger partial charge in [0, 0.05) is 13.2 Å².